The largest absolute Gasteiger partial charge is 0.302 e. The highest BCUT2D eigenvalue weighted by Crippen LogP contribution is 1.95. The lowest BCUT2D eigenvalue weighted by Crippen LogP contribution is -2.13. The Morgan fingerprint density at radius 1 is 1.75 bits per heavy atom. The third-order valence-electron chi connectivity index (χ3n) is 0.820. The quantitative estimate of drug-likeness (QED) is 0.415. The minimum atomic E-state index is 0.526. The molecule has 0 aromatic heterocycles. The van der Waals surface area contributed by atoms with Crippen molar-refractivity contribution in [2.45, 2.75) is 13.3 Å². The first-order chi connectivity index (χ1) is 3.81. The molecule has 0 aliphatic heterocycles. The van der Waals surface area contributed by atoms with Gasteiger partial charge in [0.1, 0.15) is 6.29 Å². The van der Waals surface area contributed by atoms with Crippen LogP contribution in [0.25, 0.3) is 0 Å². The van der Waals surface area contributed by atoms with Gasteiger partial charge >= 0.3 is 0 Å². The summed E-state index contributed by atoms with van der Waals surface area (Å²) in [4.78, 5) is 9.84. The van der Waals surface area contributed by atoms with Crippen molar-refractivity contribution in [3.8, 4) is 0 Å². The standard InChI is InChI=1S/C5H12NOP/c1-2-3-6(8)4-5-7/h5H,2-4,8H2,1H3. The second-order valence-corrected chi connectivity index (χ2v) is 2.39. The molecule has 0 saturated heterocycles. The van der Waals surface area contributed by atoms with Gasteiger partial charge in [-0.1, -0.05) is 16.3 Å². The van der Waals surface area contributed by atoms with Crippen LogP contribution in [0.2, 0.25) is 0 Å². The molecule has 0 aromatic rings. The summed E-state index contributed by atoms with van der Waals surface area (Å²) in [5, 5.41) is 0. The van der Waals surface area contributed by atoms with Crippen LogP contribution < -0.4 is 0 Å². The normalized spacial score (nSPS) is 9.88. The highest BCUT2D eigenvalue weighted by Gasteiger charge is 1.90. The van der Waals surface area contributed by atoms with E-state index in [1.54, 1.807) is 0 Å². The summed E-state index contributed by atoms with van der Waals surface area (Å²) in [6.07, 6.45) is 2.00. The van der Waals surface area contributed by atoms with E-state index in [-0.39, 0.29) is 0 Å². The van der Waals surface area contributed by atoms with Crippen LogP contribution >= 0.6 is 9.39 Å². The van der Waals surface area contributed by atoms with Gasteiger partial charge in [0, 0.05) is 6.54 Å². The van der Waals surface area contributed by atoms with Crippen LogP contribution in [0.3, 0.4) is 0 Å². The van der Waals surface area contributed by atoms with Crippen molar-refractivity contribution in [1.82, 2.24) is 4.67 Å². The van der Waals surface area contributed by atoms with E-state index in [0.717, 1.165) is 19.3 Å². The van der Waals surface area contributed by atoms with Crippen LogP contribution in [0.4, 0.5) is 0 Å². The van der Waals surface area contributed by atoms with Crippen molar-refractivity contribution in [3.63, 3.8) is 0 Å². The molecule has 1 atom stereocenters. The second kappa shape index (κ2) is 5.20. The molecule has 0 fully saturated rings. The van der Waals surface area contributed by atoms with Crippen LogP contribution in [0.15, 0.2) is 0 Å². The number of carbonyl (C=O) groups is 1. The summed E-state index contributed by atoms with van der Waals surface area (Å²) >= 11 is 0. The van der Waals surface area contributed by atoms with Gasteiger partial charge in [0.25, 0.3) is 0 Å². The molecular formula is C5H12NOP. The molecule has 0 aromatic carbocycles. The molecular weight excluding hydrogens is 121 g/mol. The van der Waals surface area contributed by atoms with E-state index < -0.39 is 0 Å². The zero-order chi connectivity index (χ0) is 6.41. The third-order valence-corrected chi connectivity index (χ3v) is 1.29. The van der Waals surface area contributed by atoms with Gasteiger partial charge in [0.2, 0.25) is 0 Å². The van der Waals surface area contributed by atoms with Crippen LogP contribution in [0, 0.1) is 0 Å². The molecule has 0 N–H and O–H groups in total. The van der Waals surface area contributed by atoms with E-state index in [0.29, 0.717) is 6.54 Å². The van der Waals surface area contributed by atoms with Gasteiger partial charge in [-0.25, -0.2) is 0 Å². The van der Waals surface area contributed by atoms with Gasteiger partial charge < -0.3 is 4.79 Å². The van der Waals surface area contributed by atoms with Gasteiger partial charge in [-0.05, 0) is 6.42 Å². The molecule has 0 aliphatic carbocycles. The first-order valence-corrected chi connectivity index (χ1v) is 3.26. The fourth-order valence-corrected chi connectivity index (χ4v) is 0.819. The Hall–Kier alpha value is 0.0600. The lowest BCUT2D eigenvalue weighted by atomic mass is 10.5. The van der Waals surface area contributed by atoms with Gasteiger partial charge in [-0.2, -0.15) is 0 Å². The molecule has 0 rings (SSSR count). The Kier molecular flexibility index (Phi) is 5.24. The highest BCUT2D eigenvalue weighted by atomic mass is 31.0. The van der Waals surface area contributed by atoms with Crippen molar-refractivity contribution in [1.29, 1.82) is 0 Å². The maximum Gasteiger partial charge on any atom is 0.134 e. The lowest BCUT2D eigenvalue weighted by Gasteiger charge is -2.08. The molecule has 0 amide bonds. The summed E-state index contributed by atoms with van der Waals surface area (Å²) < 4.78 is 1.91. The Balaban J connectivity index is 3.03. The molecule has 0 saturated carbocycles. The third kappa shape index (κ3) is 4.23. The van der Waals surface area contributed by atoms with E-state index in [2.05, 4.69) is 16.3 Å². The van der Waals surface area contributed by atoms with Gasteiger partial charge in [0.05, 0.1) is 6.54 Å². The number of hydrogen-bond donors (Lipinski definition) is 0. The molecule has 1 unspecified atom stereocenters. The van der Waals surface area contributed by atoms with E-state index in [9.17, 15) is 4.79 Å². The molecule has 0 spiro atoms. The molecule has 0 radical (unpaired) electrons. The Morgan fingerprint density at radius 2 is 2.38 bits per heavy atom. The summed E-state index contributed by atoms with van der Waals surface area (Å²) in [7, 11) is 2.50. The van der Waals surface area contributed by atoms with E-state index in [1.807, 2.05) is 4.67 Å². The summed E-state index contributed by atoms with van der Waals surface area (Å²) in [5.74, 6) is 0. The number of nitrogens with zero attached hydrogens (tertiary/aromatic N) is 1. The molecule has 8 heavy (non-hydrogen) atoms. The summed E-state index contributed by atoms with van der Waals surface area (Å²) in [6.45, 7) is 3.59. The Labute approximate surface area is 52.5 Å². The van der Waals surface area contributed by atoms with Crippen LogP contribution in [-0.4, -0.2) is 24.0 Å². The van der Waals surface area contributed by atoms with Gasteiger partial charge in [-0.3, -0.25) is 4.67 Å². The monoisotopic (exact) mass is 133 g/mol. The maximum absolute atomic E-state index is 9.84. The fraction of sp³-hybridized carbons (Fsp3) is 0.800. The first-order valence-electron chi connectivity index (χ1n) is 2.74. The number of aldehydes is 1. The smallest absolute Gasteiger partial charge is 0.134 e. The molecule has 0 heterocycles. The first kappa shape index (κ1) is 8.06. The number of hydrogen-bond acceptors (Lipinski definition) is 2. The van der Waals surface area contributed by atoms with Gasteiger partial charge in [0.15, 0.2) is 0 Å². The fourth-order valence-electron chi connectivity index (χ4n) is 0.474. The Morgan fingerprint density at radius 3 is 2.75 bits per heavy atom. The minimum Gasteiger partial charge on any atom is -0.302 e. The van der Waals surface area contributed by atoms with Gasteiger partial charge in [-0.15, -0.1) is 0 Å². The van der Waals surface area contributed by atoms with E-state index >= 15 is 0 Å². The molecule has 3 heteroatoms. The lowest BCUT2D eigenvalue weighted by molar-refractivity contribution is -0.107. The topological polar surface area (TPSA) is 20.3 Å². The SMILES string of the molecule is CCCN(P)CC=O. The second-order valence-electron chi connectivity index (χ2n) is 1.66. The average Bonchev–Trinajstić information content (AvgIpc) is 1.68. The van der Waals surface area contributed by atoms with E-state index in [1.165, 1.54) is 0 Å². The zero-order valence-electron chi connectivity index (χ0n) is 5.13. The highest BCUT2D eigenvalue weighted by molar-refractivity contribution is 7.13. The predicted octanol–water partition coefficient (Wildman–Crippen LogP) is 0.687. The van der Waals surface area contributed by atoms with Crippen LogP contribution in [0.1, 0.15) is 13.3 Å². The van der Waals surface area contributed by atoms with Crippen molar-refractivity contribution in [2.75, 3.05) is 13.1 Å². The van der Waals surface area contributed by atoms with Crippen LogP contribution in [-0.2, 0) is 4.79 Å². The van der Waals surface area contributed by atoms with E-state index in [4.69, 9.17) is 0 Å². The zero-order valence-corrected chi connectivity index (χ0v) is 6.29. The van der Waals surface area contributed by atoms with Crippen molar-refractivity contribution < 1.29 is 4.79 Å². The summed E-state index contributed by atoms with van der Waals surface area (Å²) in [5.41, 5.74) is 0. The van der Waals surface area contributed by atoms with Crippen molar-refractivity contribution in [3.05, 3.63) is 0 Å². The minimum absolute atomic E-state index is 0.526. The van der Waals surface area contributed by atoms with Crippen LogP contribution in [0.5, 0.6) is 0 Å². The summed E-state index contributed by atoms with van der Waals surface area (Å²) in [6, 6.07) is 0. The average molecular weight is 133 g/mol. The Bertz CT molecular complexity index is 67.4. The predicted molar refractivity (Wildman–Crippen MR) is 37.6 cm³/mol. The number of carbonyl (C=O) groups excluding carboxylic acids is 1. The molecule has 0 bridgehead atoms. The van der Waals surface area contributed by atoms with Crippen molar-refractivity contribution >= 4 is 15.7 Å². The maximum atomic E-state index is 9.84. The van der Waals surface area contributed by atoms with Crippen molar-refractivity contribution in [2.24, 2.45) is 0 Å². The molecule has 2 nitrogen and oxygen atoms in total. The molecule has 0 aliphatic rings. The molecule has 48 valence electrons. The number of rotatable bonds is 4.